The standard InChI is InChI=1S/C24H35N3O/c1-18(2)17-28-22-11-9-20(10-12-22)16-27-24(23-6-4-5-13-26(23)3)15-21(25-27)14-19-7-8-19/h9-12,15,18-19,23H,4-8,13-14,16-17H2,1-3H3. The van der Waals surface area contributed by atoms with Crippen molar-refractivity contribution in [3.8, 4) is 5.75 Å². The highest BCUT2D eigenvalue weighted by molar-refractivity contribution is 5.28. The number of hydrogen-bond acceptors (Lipinski definition) is 3. The van der Waals surface area contributed by atoms with Crippen molar-refractivity contribution in [3.63, 3.8) is 0 Å². The summed E-state index contributed by atoms with van der Waals surface area (Å²) in [5.74, 6) is 2.38. The topological polar surface area (TPSA) is 30.3 Å². The summed E-state index contributed by atoms with van der Waals surface area (Å²) in [6, 6.07) is 11.5. The largest absolute Gasteiger partial charge is 0.493 e. The number of nitrogens with zero attached hydrogens (tertiary/aromatic N) is 3. The second-order valence-electron chi connectivity index (χ2n) is 9.21. The third-order valence-corrected chi connectivity index (χ3v) is 6.01. The highest BCUT2D eigenvalue weighted by Crippen LogP contribution is 2.35. The minimum absolute atomic E-state index is 0.503. The number of aromatic nitrogens is 2. The molecule has 0 spiro atoms. The van der Waals surface area contributed by atoms with Gasteiger partial charge in [-0.25, -0.2) is 0 Å². The van der Waals surface area contributed by atoms with E-state index >= 15 is 0 Å². The fraction of sp³-hybridized carbons (Fsp3) is 0.625. The molecule has 2 aromatic rings. The van der Waals surface area contributed by atoms with Crippen molar-refractivity contribution >= 4 is 0 Å². The predicted molar refractivity (Wildman–Crippen MR) is 114 cm³/mol. The fourth-order valence-corrected chi connectivity index (χ4v) is 4.17. The average Bonchev–Trinajstić information content (AvgIpc) is 3.41. The van der Waals surface area contributed by atoms with E-state index in [2.05, 4.69) is 60.8 Å². The first kappa shape index (κ1) is 19.5. The number of ether oxygens (including phenoxy) is 1. The van der Waals surface area contributed by atoms with Gasteiger partial charge in [-0.2, -0.15) is 5.10 Å². The molecule has 28 heavy (non-hydrogen) atoms. The van der Waals surface area contributed by atoms with Crippen molar-refractivity contribution < 1.29 is 4.74 Å². The molecule has 1 unspecified atom stereocenters. The second-order valence-corrected chi connectivity index (χ2v) is 9.21. The number of piperidine rings is 1. The lowest BCUT2D eigenvalue weighted by molar-refractivity contribution is 0.178. The third kappa shape index (κ3) is 4.96. The highest BCUT2D eigenvalue weighted by Gasteiger charge is 2.27. The zero-order valence-electron chi connectivity index (χ0n) is 17.7. The predicted octanol–water partition coefficient (Wildman–Crippen LogP) is 5.08. The van der Waals surface area contributed by atoms with E-state index in [-0.39, 0.29) is 0 Å². The molecule has 0 amide bonds. The van der Waals surface area contributed by atoms with Crippen molar-refractivity contribution in [2.45, 2.75) is 65.0 Å². The van der Waals surface area contributed by atoms with E-state index in [9.17, 15) is 0 Å². The lowest BCUT2D eigenvalue weighted by Crippen LogP contribution is -2.31. The van der Waals surface area contributed by atoms with Crippen LogP contribution in [0.3, 0.4) is 0 Å². The second kappa shape index (κ2) is 8.69. The average molecular weight is 382 g/mol. The summed E-state index contributed by atoms with van der Waals surface area (Å²) in [6.45, 7) is 7.15. The van der Waals surface area contributed by atoms with Gasteiger partial charge >= 0.3 is 0 Å². The minimum Gasteiger partial charge on any atom is -0.493 e. The Morgan fingerprint density at radius 1 is 1.11 bits per heavy atom. The van der Waals surface area contributed by atoms with Gasteiger partial charge in [0.05, 0.1) is 30.6 Å². The number of benzene rings is 1. The van der Waals surface area contributed by atoms with Gasteiger partial charge in [0.15, 0.2) is 0 Å². The molecule has 1 atom stereocenters. The molecule has 0 bridgehead atoms. The molecule has 152 valence electrons. The third-order valence-electron chi connectivity index (χ3n) is 6.01. The Labute approximate surface area is 169 Å². The maximum Gasteiger partial charge on any atom is 0.119 e. The molecule has 1 saturated heterocycles. The molecule has 4 rings (SSSR count). The Balaban J connectivity index is 1.51. The molecule has 1 saturated carbocycles. The first-order valence-electron chi connectivity index (χ1n) is 11.1. The minimum atomic E-state index is 0.503. The van der Waals surface area contributed by atoms with Crippen LogP contribution >= 0.6 is 0 Å². The SMILES string of the molecule is CC(C)COc1ccc(Cn2nc(CC3CC3)cc2C2CCCCN2C)cc1. The quantitative estimate of drug-likeness (QED) is 0.639. The molecular formula is C24H35N3O. The van der Waals surface area contributed by atoms with Gasteiger partial charge in [-0.3, -0.25) is 9.58 Å². The van der Waals surface area contributed by atoms with Crippen molar-refractivity contribution in [3.05, 3.63) is 47.3 Å². The van der Waals surface area contributed by atoms with Crippen molar-refractivity contribution in [2.75, 3.05) is 20.2 Å². The number of hydrogen-bond donors (Lipinski definition) is 0. The van der Waals surface area contributed by atoms with Gasteiger partial charge in [0.1, 0.15) is 5.75 Å². The number of likely N-dealkylation sites (tertiary alicyclic amines) is 1. The molecule has 4 nitrogen and oxygen atoms in total. The summed E-state index contributed by atoms with van der Waals surface area (Å²) < 4.78 is 8.10. The Hall–Kier alpha value is -1.81. The highest BCUT2D eigenvalue weighted by atomic mass is 16.5. The molecule has 2 heterocycles. The van der Waals surface area contributed by atoms with Crippen LogP contribution in [-0.4, -0.2) is 34.9 Å². The van der Waals surface area contributed by atoms with Gasteiger partial charge in [-0.05, 0) is 81.3 Å². The van der Waals surface area contributed by atoms with Gasteiger partial charge in [0.25, 0.3) is 0 Å². The fourth-order valence-electron chi connectivity index (χ4n) is 4.17. The Bertz CT molecular complexity index is 761. The Kier molecular flexibility index (Phi) is 6.05. The van der Waals surface area contributed by atoms with Gasteiger partial charge in [0.2, 0.25) is 0 Å². The van der Waals surface area contributed by atoms with Crippen LogP contribution in [0.15, 0.2) is 30.3 Å². The summed E-state index contributed by atoms with van der Waals surface area (Å²) in [5.41, 5.74) is 3.98. The lowest BCUT2D eigenvalue weighted by Gasteiger charge is -2.32. The van der Waals surface area contributed by atoms with Gasteiger partial charge in [0, 0.05) is 0 Å². The lowest BCUT2D eigenvalue weighted by atomic mass is 9.99. The molecule has 2 aliphatic rings. The van der Waals surface area contributed by atoms with Crippen LogP contribution in [0.5, 0.6) is 5.75 Å². The maximum atomic E-state index is 5.83. The van der Waals surface area contributed by atoms with Crippen LogP contribution in [0.2, 0.25) is 0 Å². The molecule has 1 aliphatic heterocycles. The number of rotatable bonds is 8. The molecule has 0 radical (unpaired) electrons. The molecule has 1 aromatic heterocycles. The molecule has 1 aromatic carbocycles. The van der Waals surface area contributed by atoms with Crippen LogP contribution < -0.4 is 4.74 Å². The smallest absolute Gasteiger partial charge is 0.119 e. The van der Waals surface area contributed by atoms with Gasteiger partial charge < -0.3 is 4.74 Å². The van der Waals surface area contributed by atoms with E-state index in [1.807, 2.05) is 0 Å². The molecule has 2 fully saturated rings. The summed E-state index contributed by atoms with van der Waals surface area (Å²) >= 11 is 0. The zero-order valence-corrected chi connectivity index (χ0v) is 17.7. The van der Waals surface area contributed by atoms with Crippen LogP contribution in [0, 0.1) is 11.8 Å². The van der Waals surface area contributed by atoms with Crippen molar-refractivity contribution in [2.24, 2.45) is 11.8 Å². The molecule has 1 aliphatic carbocycles. The van der Waals surface area contributed by atoms with Gasteiger partial charge in [-0.1, -0.05) is 32.4 Å². The summed E-state index contributed by atoms with van der Waals surface area (Å²) in [5, 5.41) is 5.04. The zero-order chi connectivity index (χ0) is 19.5. The Morgan fingerprint density at radius 3 is 2.57 bits per heavy atom. The van der Waals surface area contributed by atoms with E-state index in [4.69, 9.17) is 9.84 Å². The van der Waals surface area contributed by atoms with E-state index in [1.54, 1.807) is 0 Å². The van der Waals surface area contributed by atoms with Crippen molar-refractivity contribution in [1.29, 1.82) is 0 Å². The van der Waals surface area contributed by atoms with E-state index < -0.39 is 0 Å². The van der Waals surface area contributed by atoms with E-state index in [0.717, 1.165) is 31.2 Å². The van der Waals surface area contributed by atoms with Crippen LogP contribution in [0.4, 0.5) is 0 Å². The van der Waals surface area contributed by atoms with Gasteiger partial charge in [-0.15, -0.1) is 0 Å². The van der Waals surface area contributed by atoms with Crippen molar-refractivity contribution in [1.82, 2.24) is 14.7 Å². The summed E-state index contributed by atoms with van der Waals surface area (Å²) in [7, 11) is 2.27. The first-order chi connectivity index (χ1) is 13.6. The normalized spacial score (nSPS) is 20.6. The van der Waals surface area contributed by atoms with Crippen LogP contribution in [-0.2, 0) is 13.0 Å². The Morgan fingerprint density at radius 2 is 1.89 bits per heavy atom. The molecule has 4 heteroatoms. The molecule has 0 N–H and O–H groups in total. The monoisotopic (exact) mass is 381 g/mol. The summed E-state index contributed by atoms with van der Waals surface area (Å²) in [4.78, 5) is 2.51. The van der Waals surface area contributed by atoms with Crippen LogP contribution in [0.25, 0.3) is 0 Å². The summed E-state index contributed by atoms with van der Waals surface area (Å²) in [6.07, 6.45) is 7.78. The van der Waals surface area contributed by atoms with E-state index in [0.29, 0.717) is 12.0 Å². The van der Waals surface area contributed by atoms with Crippen LogP contribution in [0.1, 0.15) is 68.9 Å². The van der Waals surface area contributed by atoms with E-state index in [1.165, 1.54) is 55.6 Å². The molecular weight excluding hydrogens is 346 g/mol. The first-order valence-corrected chi connectivity index (χ1v) is 11.1. The maximum absolute atomic E-state index is 5.83.